The van der Waals surface area contributed by atoms with Gasteiger partial charge in [-0.3, -0.25) is 4.79 Å². The van der Waals surface area contributed by atoms with Gasteiger partial charge in [-0.1, -0.05) is 29.8 Å². The Morgan fingerprint density at radius 1 is 1.08 bits per heavy atom. The molecule has 3 rings (SSSR count). The summed E-state index contributed by atoms with van der Waals surface area (Å²) in [5.41, 5.74) is 0.487. The largest absolute Gasteiger partial charge is 0.465 e. The number of nitrogens with one attached hydrogen (secondary N) is 1. The molecule has 0 bridgehead atoms. The molecule has 0 spiro atoms. The number of ether oxygens (including phenoxy) is 1. The number of amides is 1. The Kier molecular flexibility index (Phi) is 4.99. The molecule has 3 aromatic rings. The van der Waals surface area contributed by atoms with Crippen molar-refractivity contribution in [1.82, 2.24) is 0 Å². The van der Waals surface area contributed by atoms with Crippen molar-refractivity contribution in [3.8, 4) is 11.5 Å². The van der Waals surface area contributed by atoms with Gasteiger partial charge in [-0.2, -0.15) is 0 Å². The van der Waals surface area contributed by atoms with Gasteiger partial charge in [0.2, 0.25) is 5.91 Å². The first-order chi connectivity index (χ1) is 11.7. The van der Waals surface area contributed by atoms with E-state index in [4.69, 9.17) is 20.8 Å². The molecule has 120 valence electrons. The van der Waals surface area contributed by atoms with E-state index in [0.29, 0.717) is 28.0 Å². The zero-order valence-electron chi connectivity index (χ0n) is 12.6. The molecule has 4 nitrogen and oxygen atoms in total. The van der Waals surface area contributed by atoms with E-state index in [9.17, 15) is 4.79 Å². The van der Waals surface area contributed by atoms with Crippen LogP contribution in [-0.4, -0.2) is 5.91 Å². The van der Waals surface area contributed by atoms with Crippen LogP contribution in [0.15, 0.2) is 77.4 Å². The highest BCUT2D eigenvalue weighted by Crippen LogP contribution is 2.32. The molecule has 0 unspecified atom stereocenters. The monoisotopic (exact) mass is 339 g/mol. The molecule has 0 aliphatic heterocycles. The smallest absolute Gasteiger partial charge is 0.248 e. The first-order valence-corrected chi connectivity index (χ1v) is 7.63. The van der Waals surface area contributed by atoms with Crippen LogP contribution in [0.1, 0.15) is 5.76 Å². The number of hydrogen-bond acceptors (Lipinski definition) is 3. The predicted octanol–water partition coefficient (Wildman–Crippen LogP) is 5.38. The summed E-state index contributed by atoms with van der Waals surface area (Å²) < 4.78 is 10.9. The second kappa shape index (κ2) is 7.53. The maximum Gasteiger partial charge on any atom is 0.248 e. The van der Waals surface area contributed by atoms with Gasteiger partial charge in [0, 0.05) is 11.1 Å². The molecule has 0 saturated heterocycles. The second-order valence-corrected chi connectivity index (χ2v) is 5.33. The number of carbonyl (C=O) groups is 1. The van der Waals surface area contributed by atoms with E-state index >= 15 is 0 Å². The summed E-state index contributed by atoms with van der Waals surface area (Å²) >= 11 is 6.02. The normalized spacial score (nSPS) is 10.7. The van der Waals surface area contributed by atoms with Gasteiger partial charge in [0.05, 0.1) is 12.0 Å². The maximum atomic E-state index is 12.1. The van der Waals surface area contributed by atoms with Gasteiger partial charge in [0.25, 0.3) is 0 Å². The van der Waals surface area contributed by atoms with Crippen LogP contribution < -0.4 is 10.1 Å². The Bertz CT molecular complexity index is 842. The maximum absolute atomic E-state index is 12.1. The van der Waals surface area contributed by atoms with Crippen molar-refractivity contribution in [3.63, 3.8) is 0 Å². The number of carbonyl (C=O) groups excluding carboxylic acids is 1. The van der Waals surface area contributed by atoms with Crippen LogP contribution >= 0.6 is 11.6 Å². The predicted molar refractivity (Wildman–Crippen MR) is 94.3 cm³/mol. The third-order valence-corrected chi connectivity index (χ3v) is 3.35. The van der Waals surface area contributed by atoms with Gasteiger partial charge in [0.1, 0.15) is 11.5 Å². The number of benzene rings is 2. The summed E-state index contributed by atoms with van der Waals surface area (Å²) in [6, 6.07) is 17.9. The summed E-state index contributed by atoms with van der Waals surface area (Å²) in [4.78, 5) is 12.1. The lowest BCUT2D eigenvalue weighted by Gasteiger charge is -2.11. The molecule has 5 heteroatoms. The summed E-state index contributed by atoms with van der Waals surface area (Å²) in [5, 5.41) is 3.26. The van der Waals surface area contributed by atoms with Crippen molar-refractivity contribution in [2.24, 2.45) is 0 Å². The molecule has 1 amide bonds. The van der Waals surface area contributed by atoms with Crippen LogP contribution in [0.2, 0.25) is 5.02 Å². The highest BCUT2D eigenvalue weighted by molar-refractivity contribution is 6.31. The van der Waals surface area contributed by atoms with Crippen molar-refractivity contribution in [2.45, 2.75) is 0 Å². The fourth-order valence-electron chi connectivity index (χ4n) is 2.02. The molecule has 0 radical (unpaired) electrons. The lowest BCUT2D eigenvalue weighted by atomic mass is 10.2. The third-order valence-electron chi connectivity index (χ3n) is 3.11. The Balaban J connectivity index is 1.76. The van der Waals surface area contributed by atoms with E-state index in [2.05, 4.69) is 5.32 Å². The van der Waals surface area contributed by atoms with Crippen LogP contribution in [-0.2, 0) is 4.79 Å². The molecule has 0 saturated carbocycles. The number of halogens is 1. The summed E-state index contributed by atoms with van der Waals surface area (Å²) in [5.74, 6) is 1.45. The van der Waals surface area contributed by atoms with E-state index < -0.39 is 0 Å². The zero-order valence-corrected chi connectivity index (χ0v) is 13.4. The van der Waals surface area contributed by atoms with Gasteiger partial charge < -0.3 is 14.5 Å². The van der Waals surface area contributed by atoms with Crippen molar-refractivity contribution in [3.05, 3.63) is 83.8 Å². The van der Waals surface area contributed by atoms with Crippen LogP contribution in [0.4, 0.5) is 5.69 Å². The number of furan rings is 1. The summed E-state index contributed by atoms with van der Waals surface area (Å²) in [6.45, 7) is 0. The number of rotatable bonds is 5. The Morgan fingerprint density at radius 2 is 1.92 bits per heavy atom. The first-order valence-electron chi connectivity index (χ1n) is 7.26. The highest BCUT2D eigenvalue weighted by Gasteiger charge is 2.08. The van der Waals surface area contributed by atoms with E-state index in [1.54, 1.807) is 42.7 Å². The minimum atomic E-state index is -0.313. The molecule has 24 heavy (non-hydrogen) atoms. The molecule has 1 N–H and O–H groups in total. The zero-order chi connectivity index (χ0) is 16.8. The fourth-order valence-corrected chi connectivity index (χ4v) is 2.19. The van der Waals surface area contributed by atoms with Crippen LogP contribution in [0.3, 0.4) is 0 Å². The number of hydrogen-bond donors (Lipinski definition) is 1. The molecule has 0 aliphatic carbocycles. The van der Waals surface area contributed by atoms with Crippen LogP contribution in [0.25, 0.3) is 6.08 Å². The lowest BCUT2D eigenvalue weighted by Crippen LogP contribution is -2.08. The quantitative estimate of drug-likeness (QED) is 0.635. The minimum absolute atomic E-state index is 0.313. The molecule has 0 atom stereocenters. The molecular weight excluding hydrogens is 326 g/mol. The highest BCUT2D eigenvalue weighted by atomic mass is 35.5. The molecule has 0 fully saturated rings. The van der Waals surface area contributed by atoms with Gasteiger partial charge in [-0.05, 0) is 48.5 Å². The van der Waals surface area contributed by atoms with Crippen molar-refractivity contribution < 1.29 is 13.9 Å². The van der Waals surface area contributed by atoms with Gasteiger partial charge in [0.15, 0.2) is 5.75 Å². The third kappa shape index (κ3) is 4.27. The average molecular weight is 340 g/mol. The average Bonchev–Trinajstić information content (AvgIpc) is 3.10. The van der Waals surface area contributed by atoms with Crippen molar-refractivity contribution in [1.29, 1.82) is 0 Å². The van der Waals surface area contributed by atoms with Gasteiger partial charge >= 0.3 is 0 Å². The fraction of sp³-hybridized carbons (Fsp3) is 0. The standard InChI is InChI=1S/C19H14ClNO3/c20-14-8-10-18(24-16-5-2-1-3-6-16)17(13-14)21-19(22)11-9-15-7-4-12-23-15/h1-13H,(H,21,22)/b11-9+. The SMILES string of the molecule is O=C(/C=C/c1ccco1)Nc1cc(Cl)ccc1Oc1ccccc1. The molecule has 1 heterocycles. The van der Waals surface area contributed by atoms with E-state index in [0.717, 1.165) is 0 Å². The topological polar surface area (TPSA) is 51.5 Å². The molecule has 2 aromatic carbocycles. The van der Waals surface area contributed by atoms with Gasteiger partial charge in [-0.25, -0.2) is 0 Å². The lowest BCUT2D eigenvalue weighted by molar-refractivity contribution is -0.111. The van der Waals surface area contributed by atoms with Crippen molar-refractivity contribution >= 4 is 29.3 Å². The second-order valence-electron chi connectivity index (χ2n) is 4.89. The minimum Gasteiger partial charge on any atom is -0.465 e. The number of anilines is 1. The molecule has 1 aromatic heterocycles. The van der Waals surface area contributed by atoms with E-state index in [1.807, 2.05) is 30.3 Å². The van der Waals surface area contributed by atoms with Crippen LogP contribution in [0, 0.1) is 0 Å². The Hall–Kier alpha value is -2.98. The summed E-state index contributed by atoms with van der Waals surface area (Å²) in [6.07, 6.45) is 4.50. The summed E-state index contributed by atoms with van der Waals surface area (Å²) in [7, 11) is 0. The van der Waals surface area contributed by atoms with Crippen LogP contribution in [0.5, 0.6) is 11.5 Å². The van der Waals surface area contributed by atoms with E-state index in [1.165, 1.54) is 6.08 Å². The Morgan fingerprint density at radius 3 is 2.67 bits per heavy atom. The number of para-hydroxylation sites is 1. The molecule has 0 aliphatic rings. The van der Waals surface area contributed by atoms with E-state index in [-0.39, 0.29) is 5.91 Å². The van der Waals surface area contributed by atoms with Crippen molar-refractivity contribution in [2.75, 3.05) is 5.32 Å². The van der Waals surface area contributed by atoms with Gasteiger partial charge in [-0.15, -0.1) is 0 Å². The Labute approximate surface area is 144 Å². The molecular formula is C19H14ClNO3. The first kappa shape index (κ1) is 15.9.